The summed E-state index contributed by atoms with van der Waals surface area (Å²) in [5.74, 6) is 0. The van der Waals surface area contributed by atoms with Crippen molar-refractivity contribution in [2.75, 3.05) is 19.8 Å². The standard InChI is InChI=1S/C18H32O16/c19-1-4-7(21)10(24)13(27)17(32-4)30-3-6-9(23)12(26)15(16(29)31-6)34-18-14(28)11(25)8(22)5(2-20)33-18/h4-29H,1-3H2/t4-,5-,6-,7-,8-,9-,10+,11+,12+,13-,14-,15-,16-,17-,18+/m1/s1. The zero-order valence-corrected chi connectivity index (χ0v) is 17.7. The number of hydrogen-bond donors (Lipinski definition) is 11. The first-order valence-electron chi connectivity index (χ1n) is 10.6. The smallest absolute Gasteiger partial charge is 0.187 e. The lowest BCUT2D eigenvalue weighted by atomic mass is 9.97. The van der Waals surface area contributed by atoms with Gasteiger partial charge in [0.15, 0.2) is 18.9 Å². The molecule has 0 unspecified atom stereocenters. The molecule has 0 amide bonds. The van der Waals surface area contributed by atoms with Crippen LogP contribution in [-0.4, -0.2) is 168 Å². The molecule has 16 nitrogen and oxygen atoms in total. The molecule has 0 spiro atoms. The SMILES string of the molecule is OC[C@H]1O[C@@H](OC[C@H]2O[C@@H](O)[C@H](O[C@@H]3O[C@H](CO)[C@@H](O)[C@H](O)[C@H]3O)[C@@H](O)[C@@H]2O)[C@H](O)[C@@H](O)[C@@H]1O. The summed E-state index contributed by atoms with van der Waals surface area (Å²) in [7, 11) is 0. The topological polar surface area (TPSA) is 269 Å². The van der Waals surface area contributed by atoms with Crippen LogP contribution in [0, 0.1) is 0 Å². The van der Waals surface area contributed by atoms with E-state index in [1.807, 2.05) is 0 Å². The molecule has 16 heteroatoms. The van der Waals surface area contributed by atoms with E-state index in [1.54, 1.807) is 0 Å². The maximum atomic E-state index is 10.4. The second-order valence-corrected chi connectivity index (χ2v) is 8.37. The molecule has 0 aliphatic carbocycles. The predicted octanol–water partition coefficient (Wildman–Crippen LogP) is -7.57. The quantitative estimate of drug-likeness (QED) is 0.154. The van der Waals surface area contributed by atoms with Gasteiger partial charge in [-0.1, -0.05) is 0 Å². The van der Waals surface area contributed by atoms with Crippen molar-refractivity contribution in [1.29, 1.82) is 0 Å². The summed E-state index contributed by atoms with van der Waals surface area (Å²) in [5, 5.41) is 109. The van der Waals surface area contributed by atoms with Gasteiger partial charge in [-0.2, -0.15) is 0 Å². The average molecular weight is 504 g/mol. The molecule has 15 atom stereocenters. The Hall–Kier alpha value is -0.640. The summed E-state index contributed by atoms with van der Waals surface area (Å²) < 4.78 is 26.0. The number of aliphatic hydroxyl groups is 11. The Morgan fingerprint density at radius 1 is 0.500 bits per heavy atom. The minimum Gasteiger partial charge on any atom is -0.394 e. The van der Waals surface area contributed by atoms with Crippen LogP contribution in [0.25, 0.3) is 0 Å². The Balaban J connectivity index is 1.59. The van der Waals surface area contributed by atoms with Crippen LogP contribution in [0.4, 0.5) is 0 Å². The Labute approximate surface area is 192 Å². The lowest BCUT2D eigenvalue weighted by Crippen LogP contribution is -2.64. The summed E-state index contributed by atoms with van der Waals surface area (Å²) in [4.78, 5) is 0. The molecule has 200 valence electrons. The van der Waals surface area contributed by atoms with Gasteiger partial charge in [-0.15, -0.1) is 0 Å². The van der Waals surface area contributed by atoms with Gasteiger partial charge in [0.1, 0.15) is 73.2 Å². The van der Waals surface area contributed by atoms with Crippen LogP contribution in [0.1, 0.15) is 0 Å². The van der Waals surface area contributed by atoms with E-state index in [0.717, 1.165) is 0 Å². The highest BCUT2D eigenvalue weighted by molar-refractivity contribution is 4.94. The fraction of sp³-hybridized carbons (Fsp3) is 1.00. The Bertz CT molecular complexity index is 635. The van der Waals surface area contributed by atoms with Crippen molar-refractivity contribution in [2.24, 2.45) is 0 Å². The third kappa shape index (κ3) is 5.52. The van der Waals surface area contributed by atoms with E-state index in [9.17, 15) is 56.2 Å². The Kier molecular flexibility index (Phi) is 9.54. The van der Waals surface area contributed by atoms with Gasteiger partial charge in [-0.25, -0.2) is 0 Å². The van der Waals surface area contributed by atoms with Crippen LogP contribution < -0.4 is 0 Å². The first-order valence-corrected chi connectivity index (χ1v) is 10.6. The second kappa shape index (κ2) is 11.6. The van der Waals surface area contributed by atoms with Crippen LogP contribution in [0.3, 0.4) is 0 Å². The molecule has 0 aromatic carbocycles. The first kappa shape index (κ1) is 27.9. The third-order valence-electron chi connectivity index (χ3n) is 6.08. The highest BCUT2D eigenvalue weighted by atomic mass is 16.7. The Morgan fingerprint density at radius 2 is 0.971 bits per heavy atom. The summed E-state index contributed by atoms with van der Waals surface area (Å²) in [6, 6.07) is 0. The van der Waals surface area contributed by atoms with Gasteiger partial charge >= 0.3 is 0 Å². The van der Waals surface area contributed by atoms with Crippen molar-refractivity contribution in [2.45, 2.75) is 92.1 Å². The Morgan fingerprint density at radius 3 is 1.50 bits per heavy atom. The van der Waals surface area contributed by atoms with Crippen LogP contribution in [0.15, 0.2) is 0 Å². The van der Waals surface area contributed by atoms with Crippen LogP contribution >= 0.6 is 0 Å². The molecule has 34 heavy (non-hydrogen) atoms. The second-order valence-electron chi connectivity index (χ2n) is 8.37. The first-order chi connectivity index (χ1) is 16.0. The minimum absolute atomic E-state index is 0.593. The molecular weight excluding hydrogens is 472 g/mol. The normalized spacial score (nSPS) is 52.5. The van der Waals surface area contributed by atoms with Gasteiger partial charge in [0.05, 0.1) is 19.8 Å². The predicted molar refractivity (Wildman–Crippen MR) is 101 cm³/mol. The van der Waals surface area contributed by atoms with E-state index in [-0.39, 0.29) is 0 Å². The molecule has 3 rings (SSSR count). The molecule has 3 saturated heterocycles. The van der Waals surface area contributed by atoms with E-state index in [1.165, 1.54) is 0 Å². The fourth-order valence-electron chi connectivity index (χ4n) is 3.94. The van der Waals surface area contributed by atoms with E-state index in [0.29, 0.717) is 0 Å². The van der Waals surface area contributed by atoms with E-state index in [2.05, 4.69) is 0 Å². The van der Waals surface area contributed by atoms with E-state index >= 15 is 0 Å². The number of rotatable bonds is 7. The van der Waals surface area contributed by atoms with Gasteiger partial charge in [-0.3, -0.25) is 0 Å². The van der Waals surface area contributed by atoms with Crippen molar-refractivity contribution in [1.82, 2.24) is 0 Å². The highest BCUT2D eigenvalue weighted by Crippen LogP contribution is 2.29. The number of aliphatic hydroxyl groups excluding tert-OH is 11. The van der Waals surface area contributed by atoms with Crippen LogP contribution in [-0.2, 0) is 23.7 Å². The molecule has 11 N–H and O–H groups in total. The molecule has 0 bridgehead atoms. The van der Waals surface area contributed by atoms with E-state index < -0.39 is 112 Å². The summed E-state index contributed by atoms with van der Waals surface area (Å²) in [6.45, 7) is -2.02. The average Bonchev–Trinajstić information content (AvgIpc) is 2.82. The number of hydrogen-bond acceptors (Lipinski definition) is 16. The molecule has 0 aromatic rings. The number of ether oxygens (including phenoxy) is 5. The molecule has 3 fully saturated rings. The van der Waals surface area contributed by atoms with E-state index in [4.69, 9.17) is 23.7 Å². The maximum absolute atomic E-state index is 10.4. The summed E-state index contributed by atoms with van der Waals surface area (Å²) >= 11 is 0. The van der Waals surface area contributed by atoms with Gasteiger partial charge in [0.2, 0.25) is 0 Å². The van der Waals surface area contributed by atoms with Gasteiger partial charge in [0.25, 0.3) is 0 Å². The maximum Gasteiger partial charge on any atom is 0.187 e. The lowest BCUT2D eigenvalue weighted by molar-refractivity contribution is -0.366. The largest absolute Gasteiger partial charge is 0.394 e. The molecular formula is C18H32O16. The van der Waals surface area contributed by atoms with Gasteiger partial charge in [0, 0.05) is 0 Å². The molecule has 3 aliphatic heterocycles. The van der Waals surface area contributed by atoms with Crippen molar-refractivity contribution in [3.63, 3.8) is 0 Å². The van der Waals surface area contributed by atoms with Gasteiger partial charge < -0.3 is 79.9 Å². The molecule has 3 heterocycles. The van der Waals surface area contributed by atoms with Gasteiger partial charge in [-0.05, 0) is 0 Å². The highest BCUT2D eigenvalue weighted by Gasteiger charge is 2.51. The lowest BCUT2D eigenvalue weighted by Gasteiger charge is -2.45. The van der Waals surface area contributed by atoms with Crippen LogP contribution in [0.5, 0.6) is 0 Å². The summed E-state index contributed by atoms with van der Waals surface area (Å²) in [6.07, 6.45) is -24.8. The minimum atomic E-state index is -1.92. The monoisotopic (exact) mass is 504 g/mol. The van der Waals surface area contributed by atoms with Crippen LogP contribution in [0.2, 0.25) is 0 Å². The summed E-state index contributed by atoms with van der Waals surface area (Å²) in [5.41, 5.74) is 0. The van der Waals surface area contributed by atoms with Crippen molar-refractivity contribution in [3.8, 4) is 0 Å². The molecule has 3 aliphatic rings. The molecule has 0 saturated carbocycles. The molecule has 0 aromatic heterocycles. The van der Waals surface area contributed by atoms with Crippen molar-refractivity contribution >= 4 is 0 Å². The zero-order chi connectivity index (χ0) is 25.3. The fourth-order valence-corrected chi connectivity index (χ4v) is 3.94. The van der Waals surface area contributed by atoms with Crippen molar-refractivity contribution in [3.05, 3.63) is 0 Å². The third-order valence-corrected chi connectivity index (χ3v) is 6.08. The zero-order valence-electron chi connectivity index (χ0n) is 17.7. The molecule has 0 radical (unpaired) electrons. The van der Waals surface area contributed by atoms with Crippen molar-refractivity contribution < 1.29 is 79.9 Å².